The lowest BCUT2D eigenvalue weighted by atomic mass is 9.34. The van der Waals surface area contributed by atoms with E-state index in [1.807, 2.05) is 11.3 Å². The summed E-state index contributed by atoms with van der Waals surface area (Å²) >= 11 is 1.93. The molecule has 2 atom stereocenters. The molecule has 0 radical (unpaired) electrons. The van der Waals surface area contributed by atoms with Crippen LogP contribution in [0.25, 0.3) is 58.8 Å². The van der Waals surface area contributed by atoms with Gasteiger partial charge in [0.25, 0.3) is 0 Å². The predicted molar refractivity (Wildman–Crippen MR) is 296 cm³/mol. The normalized spacial score (nSPS) is 18.3. The van der Waals surface area contributed by atoms with Crippen molar-refractivity contribution in [2.75, 3.05) is 0 Å². The summed E-state index contributed by atoms with van der Waals surface area (Å²) in [5.41, 5.74) is 22.0. The molecular formula is C65H62BNS. The van der Waals surface area contributed by atoms with Crippen molar-refractivity contribution in [3.05, 3.63) is 202 Å². The number of benzene rings is 8. The second-order valence-corrected chi connectivity index (χ2v) is 22.4. The monoisotopic (exact) mass is 899 g/mol. The Bertz CT molecular complexity index is 3380. The number of aromatic nitrogens is 1. The molecule has 2 fully saturated rings. The van der Waals surface area contributed by atoms with Crippen LogP contribution in [0.1, 0.15) is 89.5 Å². The molecule has 0 spiro atoms. The predicted octanol–water partition coefficient (Wildman–Crippen LogP) is 15.7. The zero-order valence-electron chi connectivity index (χ0n) is 40.8. The minimum Gasteiger partial charge on any atom is -0.309 e. The van der Waals surface area contributed by atoms with E-state index < -0.39 is 0 Å². The Morgan fingerprint density at radius 2 is 1.06 bits per heavy atom. The molecule has 2 aliphatic rings. The molecule has 12 rings (SSSR count). The van der Waals surface area contributed by atoms with Gasteiger partial charge in [0.1, 0.15) is 0 Å². The molecule has 2 aliphatic carbocycles. The van der Waals surface area contributed by atoms with Crippen LogP contribution in [-0.2, 0) is 11.8 Å². The topological polar surface area (TPSA) is 4.93 Å². The molecule has 3 heteroatoms. The van der Waals surface area contributed by atoms with Gasteiger partial charge in [-0.05, 0) is 161 Å². The van der Waals surface area contributed by atoms with Gasteiger partial charge in [0.15, 0.2) is 0 Å². The summed E-state index contributed by atoms with van der Waals surface area (Å²) in [6.07, 6.45) is 10.6. The average Bonchev–Trinajstić information content (AvgIpc) is 3.87. The number of thiophene rings is 1. The van der Waals surface area contributed by atoms with Crippen molar-refractivity contribution in [2.24, 2.45) is 11.8 Å². The van der Waals surface area contributed by atoms with Gasteiger partial charge in [-0.25, -0.2) is 0 Å². The summed E-state index contributed by atoms with van der Waals surface area (Å²) < 4.78 is 5.15. The van der Waals surface area contributed by atoms with Crippen LogP contribution in [0.5, 0.6) is 0 Å². The number of hydrogen-bond donors (Lipinski definition) is 0. The first-order valence-electron chi connectivity index (χ1n) is 25.4. The third-order valence-corrected chi connectivity index (χ3v) is 17.8. The summed E-state index contributed by atoms with van der Waals surface area (Å²) in [5, 5.41) is 5.36. The van der Waals surface area contributed by atoms with E-state index >= 15 is 0 Å². The second-order valence-electron chi connectivity index (χ2n) is 21.3. The Kier molecular flexibility index (Phi) is 10.9. The van der Waals surface area contributed by atoms with Crippen LogP contribution in [0.4, 0.5) is 0 Å². The Labute approximate surface area is 408 Å². The van der Waals surface area contributed by atoms with E-state index in [1.165, 1.54) is 159 Å². The summed E-state index contributed by atoms with van der Waals surface area (Å²) in [5.74, 6) is 1.69. The van der Waals surface area contributed by atoms with Crippen molar-refractivity contribution < 1.29 is 0 Å². The number of nitrogens with zero attached hydrogens (tertiary/aromatic N) is 1. The molecule has 2 heterocycles. The van der Waals surface area contributed by atoms with Gasteiger partial charge in [-0.2, -0.15) is 0 Å². The lowest BCUT2D eigenvalue weighted by molar-refractivity contribution is 0.103. The third-order valence-electron chi connectivity index (χ3n) is 16.6. The Morgan fingerprint density at radius 1 is 0.529 bits per heavy atom. The smallest absolute Gasteiger partial charge is 0.242 e. The van der Waals surface area contributed by atoms with Gasteiger partial charge >= 0.3 is 0 Å². The van der Waals surface area contributed by atoms with Crippen molar-refractivity contribution in [1.82, 2.24) is 4.57 Å². The molecule has 0 saturated heterocycles. The zero-order chi connectivity index (χ0) is 46.3. The van der Waals surface area contributed by atoms with Gasteiger partial charge in [-0.1, -0.05) is 184 Å². The molecule has 8 aromatic carbocycles. The minimum absolute atomic E-state index is 0.156. The highest BCUT2D eigenvalue weighted by Gasteiger charge is 2.43. The van der Waals surface area contributed by atoms with E-state index in [2.05, 4.69) is 204 Å². The maximum atomic E-state index is 2.53. The first-order chi connectivity index (χ1) is 33.1. The van der Waals surface area contributed by atoms with Crippen LogP contribution < -0.4 is 16.4 Å². The van der Waals surface area contributed by atoms with Crippen molar-refractivity contribution in [1.29, 1.82) is 0 Å². The van der Waals surface area contributed by atoms with Gasteiger partial charge in [0, 0.05) is 31.2 Å². The lowest BCUT2D eigenvalue weighted by Crippen LogP contribution is -2.55. The maximum Gasteiger partial charge on any atom is 0.242 e. The number of hydrogen-bond acceptors (Lipinski definition) is 1. The van der Waals surface area contributed by atoms with Gasteiger partial charge in [-0.15, -0.1) is 11.3 Å². The summed E-state index contributed by atoms with van der Waals surface area (Å²) in [6, 6.07) is 61.2. The fourth-order valence-electron chi connectivity index (χ4n) is 13.9. The first-order valence-corrected chi connectivity index (χ1v) is 26.2. The molecule has 336 valence electrons. The first kappa shape index (κ1) is 43.1. The van der Waals surface area contributed by atoms with E-state index in [9.17, 15) is 0 Å². The number of aryl methyl sites for hydroxylation is 7. The van der Waals surface area contributed by atoms with Crippen LogP contribution in [0, 0.1) is 53.4 Å². The molecule has 2 bridgehead atoms. The summed E-state index contributed by atoms with van der Waals surface area (Å²) in [6.45, 7) is 13.9. The molecule has 10 aromatic rings. The number of fused-ring (bicyclic) bond motifs is 8. The van der Waals surface area contributed by atoms with Crippen LogP contribution in [0.3, 0.4) is 0 Å². The molecule has 2 aromatic heterocycles. The van der Waals surface area contributed by atoms with E-state index in [1.54, 1.807) is 5.56 Å². The van der Waals surface area contributed by atoms with E-state index in [-0.39, 0.29) is 12.1 Å². The summed E-state index contributed by atoms with van der Waals surface area (Å²) in [4.78, 5) is 0. The van der Waals surface area contributed by atoms with Gasteiger partial charge < -0.3 is 4.57 Å². The zero-order valence-corrected chi connectivity index (χ0v) is 41.6. The molecule has 2 unspecified atom stereocenters. The molecule has 0 N–H and O–H groups in total. The number of para-hydroxylation sites is 2. The van der Waals surface area contributed by atoms with Crippen molar-refractivity contribution in [3.63, 3.8) is 0 Å². The van der Waals surface area contributed by atoms with Crippen molar-refractivity contribution >= 4 is 76.4 Å². The molecular weight excluding hydrogens is 838 g/mol. The van der Waals surface area contributed by atoms with E-state index in [0.29, 0.717) is 0 Å². The SMILES string of the molecule is Cc1cc(C)c(B(c2ccc3sc4ccc(-c5ccc(C6(CCc7ccc(-n8c9ccccc9c9ccccc98)cc7)CC7CCCC(C7)C6)cc5)cc4c3c2)c2c(C)cc(C)cc2C)c(C)c1. The highest BCUT2D eigenvalue weighted by atomic mass is 32.1. The van der Waals surface area contributed by atoms with Gasteiger partial charge in [0.2, 0.25) is 6.71 Å². The lowest BCUT2D eigenvalue weighted by Gasteiger charge is -2.48. The second kappa shape index (κ2) is 17.1. The summed E-state index contributed by atoms with van der Waals surface area (Å²) in [7, 11) is 0. The highest BCUT2D eigenvalue weighted by Crippen LogP contribution is 2.52. The van der Waals surface area contributed by atoms with Crippen LogP contribution in [-0.4, -0.2) is 11.3 Å². The van der Waals surface area contributed by atoms with Gasteiger partial charge in [0.05, 0.1) is 11.0 Å². The quantitative estimate of drug-likeness (QED) is 0.127. The van der Waals surface area contributed by atoms with Gasteiger partial charge in [-0.3, -0.25) is 0 Å². The van der Waals surface area contributed by atoms with Crippen molar-refractivity contribution in [3.8, 4) is 16.8 Å². The minimum atomic E-state index is 0.156. The Morgan fingerprint density at radius 3 is 1.65 bits per heavy atom. The van der Waals surface area contributed by atoms with E-state index in [4.69, 9.17) is 0 Å². The van der Waals surface area contributed by atoms with Crippen LogP contribution in [0.15, 0.2) is 158 Å². The number of rotatable bonds is 9. The molecule has 1 nitrogen and oxygen atoms in total. The van der Waals surface area contributed by atoms with Crippen LogP contribution >= 0.6 is 11.3 Å². The average molecular weight is 900 g/mol. The van der Waals surface area contributed by atoms with Crippen molar-refractivity contribution in [2.45, 2.75) is 98.3 Å². The highest BCUT2D eigenvalue weighted by molar-refractivity contribution is 7.25. The standard InChI is InChI=1S/C65H62BNS/c1-41-32-43(3)63(44(4)33-41)66(64-45(5)34-42(2)35-46(64)6)53-25-29-62-58(38-53)57-37-51(22-28-61(57)68-62)50-20-23-52(24-21-50)65(39-48-12-11-13-49(36-48)40-65)31-30-47-18-26-54(27-19-47)67-59-16-9-7-14-55(59)56-15-8-10-17-60(56)67/h7-10,14-29,32-35,37-38,48-49H,11-13,30-31,36,39-40H2,1-6H3. The van der Waals surface area contributed by atoms with E-state index in [0.717, 1.165) is 18.3 Å². The fourth-order valence-corrected chi connectivity index (χ4v) is 14.9. The maximum absolute atomic E-state index is 2.53. The van der Waals surface area contributed by atoms with Crippen LogP contribution in [0.2, 0.25) is 0 Å². The largest absolute Gasteiger partial charge is 0.309 e. The Balaban J connectivity index is 0.867. The molecule has 68 heavy (non-hydrogen) atoms. The third kappa shape index (κ3) is 7.53. The molecule has 2 saturated carbocycles. The molecule has 0 aliphatic heterocycles. The fraction of sp³-hybridized carbons (Fsp3) is 0.262. The Hall–Kier alpha value is -6.16. The molecule has 0 amide bonds.